The molecule has 0 spiro atoms. The number of benzene rings is 2. The first kappa shape index (κ1) is 18.4. The highest BCUT2D eigenvalue weighted by molar-refractivity contribution is 5.79. The zero-order chi connectivity index (χ0) is 19.2. The maximum atomic E-state index is 13.0. The Morgan fingerprint density at radius 3 is 2.29 bits per heavy atom. The minimum atomic E-state index is -0.107. The molecule has 1 aliphatic rings. The highest BCUT2D eigenvalue weighted by Crippen LogP contribution is 2.28. The Hall–Kier alpha value is -2.98. The van der Waals surface area contributed by atoms with Crippen LogP contribution in [0.25, 0.3) is 0 Å². The van der Waals surface area contributed by atoms with Gasteiger partial charge in [-0.05, 0) is 36.1 Å². The summed E-state index contributed by atoms with van der Waals surface area (Å²) in [6.45, 7) is 0.963. The van der Waals surface area contributed by atoms with E-state index in [4.69, 9.17) is 0 Å². The minimum absolute atomic E-state index is 0.107. The molecule has 1 N–H and O–H groups in total. The normalized spacial score (nSPS) is 14.4. The van der Waals surface area contributed by atoms with Crippen LogP contribution in [0.1, 0.15) is 35.7 Å². The van der Waals surface area contributed by atoms with Gasteiger partial charge < -0.3 is 4.90 Å². The van der Waals surface area contributed by atoms with Crippen molar-refractivity contribution in [1.29, 1.82) is 0 Å². The van der Waals surface area contributed by atoms with Crippen molar-refractivity contribution in [2.75, 3.05) is 6.54 Å². The van der Waals surface area contributed by atoms with E-state index in [1.807, 2.05) is 59.5 Å². The number of pyridine rings is 1. The van der Waals surface area contributed by atoms with Crippen molar-refractivity contribution in [2.45, 2.75) is 31.5 Å². The number of amides is 1. The molecule has 142 valence electrons. The predicted octanol–water partition coefficient (Wildman–Crippen LogP) is 3.95. The van der Waals surface area contributed by atoms with Crippen molar-refractivity contribution >= 4 is 5.91 Å². The van der Waals surface area contributed by atoms with Gasteiger partial charge in [-0.2, -0.15) is 0 Å². The van der Waals surface area contributed by atoms with E-state index in [0.717, 1.165) is 24.1 Å². The van der Waals surface area contributed by atoms with Crippen molar-refractivity contribution < 1.29 is 4.79 Å². The molecule has 1 atom stereocenters. The molecule has 1 unspecified atom stereocenters. The van der Waals surface area contributed by atoms with E-state index in [1.165, 1.54) is 5.56 Å². The van der Waals surface area contributed by atoms with Gasteiger partial charge in [-0.3, -0.25) is 15.1 Å². The van der Waals surface area contributed by atoms with Gasteiger partial charge in [-0.25, -0.2) is 0 Å². The SMILES string of the molecule is O=C(CNC(c1ccccc1)c1ccccn1)N(Cc1ccccc1)C1CC1. The van der Waals surface area contributed by atoms with Crippen molar-refractivity contribution in [3.63, 3.8) is 0 Å². The van der Waals surface area contributed by atoms with Crippen LogP contribution in [0.4, 0.5) is 0 Å². The van der Waals surface area contributed by atoms with E-state index < -0.39 is 0 Å². The van der Waals surface area contributed by atoms with Gasteiger partial charge in [0.15, 0.2) is 0 Å². The van der Waals surface area contributed by atoms with Gasteiger partial charge in [-0.1, -0.05) is 66.7 Å². The summed E-state index contributed by atoms with van der Waals surface area (Å²) < 4.78 is 0. The van der Waals surface area contributed by atoms with Crippen LogP contribution in [0.2, 0.25) is 0 Å². The number of nitrogens with zero attached hydrogens (tertiary/aromatic N) is 2. The standard InChI is InChI=1S/C24H25N3O/c28-23(27(21-14-15-21)18-19-9-3-1-4-10-19)17-26-24(20-11-5-2-6-12-20)22-13-7-8-16-25-22/h1-13,16,21,24,26H,14-15,17-18H2. The van der Waals surface area contributed by atoms with Crippen LogP contribution in [-0.4, -0.2) is 28.4 Å². The molecule has 1 amide bonds. The summed E-state index contributed by atoms with van der Waals surface area (Å²) in [5.41, 5.74) is 3.20. The Morgan fingerprint density at radius 1 is 0.964 bits per heavy atom. The van der Waals surface area contributed by atoms with Crippen LogP contribution in [0.3, 0.4) is 0 Å². The Bertz CT molecular complexity index is 840. The quantitative estimate of drug-likeness (QED) is 0.652. The van der Waals surface area contributed by atoms with Crippen LogP contribution >= 0.6 is 0 Å². The molecular formula is C24H25N3O. The van der Waals surface area contributed by atoms with Crippen LogP contribution < -0.4 is 5.32 Å². The third-order valence-electron chi connectivity index (χ3n) is 5.08. The Labute approximate surface area is 166 Å². The number of hydrogen-bond acceptors (Lipinski definition) is 3. The topological polar surface area (TPSA) is 45.2 Å². The number of carbonyl (C=O) groups is 1. The van der Waals surface area contributed by atoms with E-state index >= 15 is 0 Å². The van der Waals surface area contributed by atoms with Crippen LogP contribution in [0.5, 0.6) is 0 Å². The molecule has 0 radical (unpaired) electrons. The van der Waals surface area contributed by atoms with Gasteiger partial charge in [0.1, 0.15) is 0 Å². The Balaban J connectivity index is 1.47. The average Bonchev–Trinajstić information content (AvgIpc) is 3.59. The molecule has 1 fully saturated rings. The van der Waals surface area contributed by atoms with Crippen LogP contribution in [0.15, 0.2) is 85.1 Å². The first-order valence-electron chi connectivity index (χ1n) is 9.84. The van der Waals surface area contributed by atoms with E-state index in [1.54, 1.807) is 6.20 Å². The summed E-state index contributed by atoms with van der Waals surface area (Å²) >= 11 is 0. The fourth-order valence-corrected chi connectivity index (χ4v) is 3.46. The lowest BCUT2D eigenvalue weighted by Gasteiger charge is -2.25. The second kappa shape index (κ2) is 8.81. The molecule has 0 bridgehead atoms. The summed E-state index contributed by atoms with van der Waals surface area (Å²) in [6.07, 6.45) is 3.99. The molecule has 3 aromatic rings. The third-order valence-corrected chi connectivity index (χ3v) is 5.08. The third kappa shape index (κ3) is 4.65. The maximum absolute atomic E-state index is 13.0. The molecule has 1 saturated carbocycles. The van der Waals surface area contributed by atoms with Gasteiger partial charge in [0.05, 0.1) is 18.3 Å². The number of hydrogen-bond donors (Lipinski definition) is 1. The molecule has 1 heterocycles. The van der Waals surface area contributed by atoms with E-state index in [-0.39, 0.29) is 11.9 Å². The van der Waals surface area contributed by atoms with Gasteiger partial charge >= 0.3 is 0 Å². The Morgan fingerprint density at radius 2 is 1.64 bits per heavy atom. The number of nitrogens with one attached hydrogen (secondary N) is 1. The monoisotopic (exact) mass is 371 g/mol. The minimum Gasteiger partial charge on any atom is -0.334 e. The lowest BCUT2D eigenvalue weighted by atomic mass is 10.0. The average molecular weight is 371 g/mol. The van der Waals surface area contributed by atoms with E-state index in [0.29, 0.717) is 19.1 Å². The molecule has 4 rings (SSSR count). The molecule has 4 nitrogen and oxygen atoms in total. The molecule has 0 saturated heterocycles. The van der Waals surface area contributed by atoms with Crippen LogP contribution in [0, 0.1) is 0 Å². The molecule has 0 aliphatic heterocycles. The highest BCUT2D eigenvalue weighted by atomic mass is 16.2. The van der Waals surface area contributed by atoms with E-state index in [9.17, 15) is 4.79 Å². The maximum Gasteiger partial charge on any atom is 0.237 e. The van der Waals surface area contributed by atoms with Gasteiger partial charge in [0.25, 0.3) is 0 Å². The number of carbonyl (C=O) groups excluding carboxylic acids is 1. The first-order chi connectivity index (χ1) is 13.8. The lowest BCUT2D eigenvalue weighted by Crippen LogP contribution is -2.40. The number of rotatable bonds is 8. The second-order valence-corrected chi connectivity index (χ2v) is 7.22. The zero-order valence-electron chi connectivity index (χ0n) is 15.9. The summed E-state index contributed by atoms with van der Waals surface area (Å²) in [4.78, 5) is 19.6. The zero-order valence-corrected chi connectivity index (χ0v) is 15.9. The summed E-state index contributed by atoms with van der Waals surface area (Å²) in [5, 5.41) is 3.45. The molecule has 2 aromatic carbocycles. The fraction of sp³-hybridized carbons (Fsp3) is 0.250. The van der Waals surface area contributed by atoms with Crippen molar-refractivity contribution in [3.8, 4) is 0 Å². The molecule has 1 aromatic heterocycles. The summed E-state index contributed by atoms with van der Waals surface area (Å²) in [5.74, 6) is 0.142. The van der Waals surface area contributed by atoms with Crippen molar-refractivity contribution in [2.24, 2.45) is 0 Å². The summed E-state index contributed by atoms with van der Waals surface area (Å²) in [6, 6.07) is 26.5. The fourth-order valence-electron chi connectivity index (χ4n) is 3.46. The first-order valence-corrected chi connectivity index (χ1v) is 9.84. The van der Waals surface area contributed by atoms with E-state index in [2.05, 4.69) is 34.6 Å². The van der Waals surface area contributed by atoms with Crippen molar-refractivity contribution in [3.05, 3.63) is 102 Å². The summed E-state index contributed by atoms with van der Waals surface area (Å²) in [7, 11) is 0. The van der Waals surface area contributed by atoms with Gasteiger partial charge in [0, 0.05) is 18.8 Å². The molecule has 4 heteroatoms. The highest BCUT2D eigenvalue weighted by Gasteiger charge is 2.32. The lowest BCUT2D eigenvalue weighted by molar-refractivity contribution is -0.131. The van der Waals surface area contributed by atoms with Gasteiger partial charge in [0.2, 0.25) is 5.91 Å². The van der Waals surface area contributed by atoms with Gasteiger partial charge in [-0.15, -0.1) is 0 Å². The molecule has 28 heavy (non-hydrogen) atoms. The van der Waals surface area contributed by atoms with Crippen LogP contribution in [-0.2, 0) is 11.3 Å². The van der Waals surface area contributed by atoms with Crippen molar-refractivity contribution in [1.82, 2.24) is 15.2 Å². The smallest absolute Gasteiger partial charge is 0.237 e. The predicted molar refractivity (Wildman–Crippen MR) is 111 cm³/mol. The molecular weight excluding hydrogens is 346 g/mol. The number of aromatic nitrogens is 1. The molecule has 1 aliphatic carbocycles. The second-order valence-electron chi connectivity index (χ2n) is 7.22. The largest absolute Gasteiger partial charge is 0.334 e. The Kier molecular flexibility index (Phi) is 5.78.